The number of ether oxygens (including phenoxy) is 3. The van der Waals surface area contributed by atoms with Crippen molar-refractivity contribution in [2.45, 2.75) is 25.0 Å². The number of pyridine rings is 1. The molecule has 122 valence electrons. The zero-order valence-electron chi connectivity index (χ0n) is 12.7. The van der Waals surface area contributed by atoms with Crippen LogP contribution in [0.15, 0.2) is 24.8 Å². The van der Waals surface area contributed by atoms with Gasteiger partial charge in [-0.25, -0.2) is 9.97 Å². The highest BCUT2D eigenvalue weighted by molar-refractivity contribution is 6.29. The van der Waals surface area contributed by atoms with Crippen molar-refractivity contribution in [1.29, 1.82) is 0 Å². The molecule has 2 aromatic heterocycles. The lowest BCUT2D eigenvalue weighted by atomic mass is 9.90. The van der Waals surface area contributed by atoms with E-state index in [-0.39, 0.29) is 0 Å². The van der Waals surface area contributed by atoms with Gasteiger partial charge in [-0.1, -0.05) is 11.6 Å². The van der Waals surface area contributed by atoms with Gasteiger partial charge in [0.2, 0.25) is 0 Å². The Labute approximate surface area is 139 Å². The van der Waals surface area contributed by atoms with Crippen molar-refractivity contribution in [3.05, 3.63) is 41.2 Å². The van der Waals surface area contributed by atoms with E-state index >= 15 is 0 Å². The maximum atomic E-state index is 6.22. The molecule has 2 aromatic rings. The molecular weight excluding hydrogens is 318 g/mol. The lowest BCUT2D eigenvalue weighted by Crippen LogP contribution is -2.37. The Kier molecular flexibility index (Phi) is 3.97. The summed E-state index contributed by atoms with van der Waals surface area (Å²) in [5, 5.41) is 0.429. The highest BCUT2D eigenvalue weighted by Gasteiger charge is 2.44. The first-order chi connectivity index (χ1) is 11.3. The van der Waals surface area contributed by atoms with Crippen LogP contribution in [-0.2, 0) is 28.0 Å². The Morgan fingerprint density at radius 3 is 3.13 bits per heavy atom. The van der Waals surface area contributed by atoms with Gasteiger partial charge in [0.05, 0.1) is 31.8 Å². The molecule has 4 heterocycles. The average molecular weight is 336 g/mol. The molecule has 0 N–H and O–H groups in total. The summed E-state index contributed by atoms with van der Waals surface area (Å²) in [5.41, 5.74) is 1.52. The molecule has 7 heteroatoms. The normalized spacial score (nSPS) is 23.2. The summed E-state index contributed by atoms with van der Waals surface area (Å²) >= 11 is 6.22. The minimum absolute atomic E-state index is 0.429. The third-order valence-corrected chi connectivity index (χ3v) is 4.56. The molecule has 1 spiro atoms. The maximum Gasteiger partial charge on any atom is 0.136 e. The molecule has 4 rings (SSSR count). The molecule has 0 bridgehead atoms. The molecule has 1 unspecified atom stereocenters. The maximum absolute atomic E-state index is 6.22. The van der Waals surface area contributed by atoms with Crippen LogP contribution in [0.4, 0.5) is 0 Å². The van der Waals surface area contributed by atoms with Gasteiger partial charge in [0, 0.05) is 43.5 Å². The van der Waals surface area contributed by atoms with E-state index in [4.69, 9.17) is 25.8 Å². The van der Waals surface area contributed by atoms with E-state index in [1.165, 1.54) is 0 Å². The smallest absolute Gasteiger partial charge is 0.136 e. The van der Waals surface area contributed by atoms with E-state index < -0.39 is 5.60 Å². The summed E-state index contributed by atoms with van der Waals surface area (Å²) in [6, 6.07) is 1.79. The quantitative estimate of drug-likeness (QED) is 0.802. The average Bonchev–Trinajstić information content (AvgIpc) is 3.21. The summed E-state index contributed by atoms with van der Waals surface area (Å²) in [6.45, 7) is 3.15. The zero-order valence-corrected chi connectivity index (χ0v) is 13.5. The summed E-state index contributed by atoms with van der Waals surface area (Å²) in [4.78, 5) is 8.56. The summed E-state index contributed by atoms with van der Waals surface area (Å²) < 4.78 is 19.5. The number of hydrogen-bond acceptors (Lipinski definition) is 5. The molecular formula is C16H18ClN3O3. The van der Waals surface area contributed by atoms with Crippen LogP contribution in [-0.4, -0.2) is 41.0 Å². The predicted molar refractivity (Wildman–Crippen MR) is 83.7 cm³/mol. The molecule has 1 saturated heterocycles. The first-order valence-corrected chi connectivity index (χ1v) is 8.15. The first kappa shape index (κ1) is 14.9. The Morgan fingerprint density at radius 1 is 1.39 bits per heavy atom. The summed E-state index contributed by atoms with van der Waals surface area (Å²) in [7, 11) is 0. The van der Waals surface area contributed by atoms with Crippen molar-refractivity contribution < 1.29 is 14.2 Å². The molecule has 0 saturated carbocycles. The van der Waals surface area contributed by atoms with Gasteiger partial charge in [-0.15, -0.1) is 0 Å². The Morgan fingerprint density at radius 2 is 2.35 bits per heavy atom. The van der Waals surface area contributed by atoms with Gasteiger partial charge < -0.3 is 18.8 Å². The molecule has 1 fully saturated rings. The van der Waals surface area contributed by atoms with Gasteiger partial charge in [0.1, 0.15) is 23.1 Å². The number of halogens is 1. The van der Waals surface area contributed by atoms with E-state index in [1.807, 2.05) is 10.8 Å². The van der Waals surface area contributed by atoms with Crippen molar-refractivity contribution in [3.63, 3.8) is 0 Å². The van der Waals surface area contributed by atoms with E-state index in [9.17, 15) is 0 Å². The van der Waals surface area contributed by atoms with Gasteiger partial charge in [0.25, 0.3) is 0 Å². The fourth-order valence-corrected chi connectivity index (χ4v) is 3.39. The third-order valence-electron chi connectivity index (χ3n) is 4.37. The van der Waals surface area contributed by atoms with Gasteiger partial charge in [-0.05, 0) is 0 Å². The molecule has 1 atom stereocenters. The monoisotopic (exact) mass is 335 g/mol. The minimum Gasteiger partial charge on any atom is -0.491 e. The second-order valence-corrected chi connectivity index (χ2v) is 6.20. The van der Waals surface area contributed by atoms with Crippen LogP contribution < -0.4 is 4.74 Å². The van der Waals surface area contributed by atoms with Gasteiger partial charge in [-0.3, -0.25) is 0 Å². The summed E-state index contributed by atoms with van der Waals surface area (Å²) in [5.74, 6) is 0.801. The molecule has 6 nitrogen and oxygen atoms in total. The van der Waals surface area contributed by atoms with Crippen molar-refractivity contribution >= 4 is 11.6 Å². The lowest BCUT2D eigenvalue weighted by molar-refractivity contribution is -0.0670. The first-order valence-electron chi connectivity index (χ1n) is 7.77. The highest BCUT2D eigenvalue weighted by Crippen LogP contribution is 2.42. The molecule has 0 radical (unpaired) electrons. The number of aromatic nitrogens is 3. The van der Waals surface area contributed by atoms with E-state index in [0.29, 0.717) is 31.6 Å². The molecule has 2 aliphatic heterocycles. The number of nitrogens with zero attached hydrogens (tertiary/aromatic N) is 3. The van der Waals surface area contributed by atoms with Crippen molar-refractivity contribution in [1.82, 2.24) is 14.5 Å². The van der Waals surface area contributed by atoms with E-state index in [0.717, 1.165) is 36.4 Å². The second-order valence-electron chi connectivity index (χ2n) is 5.81. The Hall–Kier alpha value is -1.63. The lowest BCUT2D eigenvalue weighted by Gasteiger charge is -2.34. The van der Waals surface area contributed by atoms with Gasteiger partial charge in [0.15, 0.2) is 0 Å². The minimum atomic E-state index is -0.457. The highest BCUT2D eigenvalue weighted by atomic mass is 35.5. The fourth-order valence-electron chi connectivity index (χ4n) is 3.21. The van der Waals surface area contributed by atoms with Crippen LogP contribution in [0.1, 0.15) is 17.7 Å². The SMILES string of the molecule is Clc1cc(OCCn2ccnc2)c2c(n1)C1(CCOC1)OCC2. The predicted octanol–water partition coefficient (Wildman–Crippen LogP) is 2.20. The molecule has 0 amide bonds. The number of fused-ring (bicyclic) bond motifs is 2. The van der Waals surface area contributed by atoms with Crippen molar-refractivity contribution in [2.24, 2.45) is 0 Å². The van der Waals surface area contributed by atoms with Crippen LogP contribution in [0.2, 0.25) is 5.15 Å². The van der Waals surface area contributed by atoms with Gasteiger partial charge >= 0.3 is 0 Å². The summed E-state index contributed by atoms with van der Waals surface area (Å²) in [6.07, 6.45) is 7.03. The van der Waals surface area contributed by atoms with Crippen LogP contribution in [0, 0.1) is 0 Å². The van der Waals surface area contributed by atoms with Crippen LogP contribution >= 0.6 is 11.6 Å². The molecule has 0 aliphatic carbocycles. The topological polar surface area (TPSA) is 58.4 Å². The number of rotatable bonds is 4. The zero-order chi connectivity index (χ0) is 15.7. The van der Waals surface area contributed by atoms with Crippen LogP contribution in [0.3, 0.4) is 0 Å². The Bertz CT molecular complexity index is 684. The molecule has 2 aliphatic rings. The van der Waals surface area contributed by atoms with Crippen LogP contribution in [0.25, 0.3) is 0 Å². The third kappa shape index (κ3) is 2.82. The second kappa shape index (κ2) is 6.11. The van der Waals surface area contributed by atoms with Gasteiger partial charge in [-0.2, -0.15) is 0 Å². The van der Waals surface area contributed by atoms with Crippen LogP contribution in [0.5, 0.6) is 5.75 Å². The standard InChI is InChI=1S/C16H18ClN3O3/c17-14-9-13(22-8-5-20-4-3-18-11-20)12-1-6-23-16(15(12)19-14)2-7-21-10-16/h3-4,9,11H,1-2,5-8,10H2. The largest absolute Gasteiger partial charge is 0.491 e. The van der Waals surface area contributed by atoms with Crippen molar-refractivity contribution in [3.8, 4) is 5.75 Å². The molecule has 23 heavy (non-hydrogen) atoms. The van der Waals surface area contributed by atoms with E-state index in [2.05, 4.69) is 9.97 Å². The Balaban J connectivity index is 1.59. The van der Waals surface area contributed by atoms with Crippen molar-refractivity contribution in [2.75, 3.05) is 26.4 Å². The number of imidazole rings is 1. The molecule has 0 aromatic carbocycles. The fraction of sp³-hybridized carbons (Fsp3) is 0.500. The van der Waals surface area contributed by atoms with E-state index in [1.54, 1.807) is 18.6 Å². The number of hydrogen-bond donors (Lipinski definition) is 0.